The van der Waals surface area contributed by atoms with Gasteiger partial charge in [-0.2, -0.15) is 5.10 Å². The van der Waals surface area contributed by atoms with E-state index in [0.717, 1.165) is 44.7 Å². The second-order valence-electron chi connectivity index (χ2n) is 6.99. The standard InChI is InChI=1S/C23H24N4O2/c28-23(21-7-4-10-24-16-21)26-25-17-20-9-8-19(15-18-5-2-1-3-6-18)22(20)27-11-13-29-14-12-27/h1-7,10,15-17H,8-9,11-14H2,(H,26,28)/b19-15-,25-17+. The Labute approximate surface area is 170 Å². The van der Waals surface area contributed by atoms with E-state index in [1.807, 2.05) is 6.07 Å². The molecule has 29 heavy (non-hydrogen) atoms. The minimum atomic E-state index is -0.263. The van der Waals surface area contributed by atoms with E-state index in [0.29, 0.717) is 5.56 Å². The van der Waals surface area contributed by atoms with Crippen LogP contribution < -0.4 is 5.43 Å². The largest absolute Gasteiger partial charge is 0.378 e. The van der Waals surface area contributed by atoms with Gasteiger partial charge in [0.25, 0.3) is 5.91 Å². The number of nitrogens with one attached hydrogen (secondary N) is 1. The van der Waals surface area contributed by atoms with Crippen molar-refractivity contribution in [3.05, 3.63) is 82.8 Å². The van der Waals surface area contributed by atoms with Crippen molar-refractivity contribution in [3.63, 3.8) is 0 Å². The summed E-state index contributed by atoms with van der Waals surface area (Å²) in [6.07, 6.45) is 9.06. The molecule has 6 nitrogen and oxygen atoms in total. The second-order valence-corrected chi connectivity index (χ2v) is 6.99. The van der Waals surface area contributed by atoms with Gasteiger partial charge in [0.2, 0.25) is 0 Å². The quantitative estimate of drug-likeness (QED) is 0.631. The Hall–Kier alpha value is -3.25. The first-order chi connectivity index (χ1) is 14.3. The molecule has 1 aliphatic carbocycles. The highest BCUT2D eigenvalue weighted by atomic mass is 16.5. The molecular formula is C23H24N4O2. The van der Waals surface area contributed by atoms with Crippen molar-refractivity contribution in [3.8, 4) is 0 Å². The van der Waals surface area contributed by atoms with Gasteiger partial charge in [0.1, 0.15) is 0 Å². The summed E-state index contributed by atoms with van der Waals surface area (Å²) in [7, 11) is 0. The maximum Gasteiger partial charge on any atom is 0.272 e. The van der Waals surface area contributed by atoms with Crippen LogP contribution in [0.2, 0.25) is 0 Å². The van der Waals surface area contributed by atoms with Crippen LogP contribution in [-0.4, -0.2) is 48.3 Å². The summed E-state index contributed by atoms with van der Waals surface area (Å²) >= 11 is 0. The molecule has 1 saturated heterocycles. The van der Waals surface area contributed by atoms with Gasteiger partial charge in [0, 0.05) is 31.2 Å². The van der Waals surface area contributed by atoms with Crippen LogP contribution in [0.25, 0.3) is 6.08 Å². The van der Waals surface area contributed by atoms with Crippen LogP contribution in [0.15, 0.2) is 76.8 Å². The number of hydrogen-bond donors (Lipinski definition) is 1. The van der Waals surface area contributed by atoms with E-state index in [1.54, 1.807) is 24.5 Å². The summed E-state index contributed by atoms with van der Waals surface area (Å²) < 4.78 is 5.53. The third kappa shape index (κ3) is 4.78. The molecule has 0 unspecified atom stereocenters. The minimum absolute atomic E-state index is 0.263. The van der Waals surface area contributed by atoms with Crippen LogP contribution in [0, 0.1) is 0 Å². The van der Waals surface area contributed by atoms with Gasteiger partial charge < -0.3 is 9.64 Å². The van der Waals surface area contributed by atoms with Crippen LogP contribution in [0.5, 0.6) is 0 Å². The van der Waals surface area contributed by atoms with Crippen LogP contribution in [-0.2, 0) is 4.74 Å². The maximum atomic E-state index is 12.2. The van der Waals surface area contributed by atoms with Crippen molar-refractivity contribution in [1.29, 1.82) is 0 Å². The van der Waals surface area contributed by atoms with Crippen molar-refractivity contribution < 1.29 is 9.53 Å². The van der Waals surface area contributed by atoms with Gasteiger partial charge in [0.15, 0.2) is 0 Å². The van der Waals surface area contributed by atoms with Crippen LogP contribution in [0.4, 0.5) is 0 Å². The minimum Gasteiger partial charge on any atom is -0.378 e. The van der Waals surface area contributed by atoms with Gasteiger partial charge in [-0.15, -0.1) is 0 Å². The molecule has 2 aliphatic rings. The van der Waals surface area contributed by atoms with Crippen molar-refractivity contribution in [1.82, 2.24) is 15.3 Å². The van der Waals surface area contributed by atoms with E-state index in [2.05, 4.69) is 50.8 Å². The second kappa shape index (κ2) is 9.30. The van der Waals surface area contributed by atoms with Gasteiger partial charge in [-0.05, 0) is 47.8 Å². The van der Waals surface area contributed by atoms with Gasteiger partial charge >= 0.3 is 0 Å². The van der Waals surface area contributed by atoms with E-state index in [-0.39, 0.29) is 5.91 Å². The lowest BCUT2D eigenvalue weighted by Gasteiger charge is -2.31. The Morgan fingerprint density at radius 1 is 1.10 bits per heavy atom. The van der Waals surface area contributed by atoms with Gasteiger partial charge in [0.05, 0.1) is 25.0 Å². The number of nitrogens with zero attached hydrogens (tertiary/aromatic N) is 3. The fourth-order valence-corrected chi connectivity index (χ4v) is 3.65. The molecule has 1 N–H and O–H groups in total. The van der Waals surface area contributed by atoms with Crippen LogP contribution in [0.1, 0.15) is 28.8 Å². The molecule has 1 aromatic carbocycles. The van der Waals surface area contributed by atoms with E-state index in [9.17, 15) is 4.79 Å². The molecule has 0 bridgehead atoms. The molecular weight excluding hydrogens is 364 g/mol. The fraction of sp³-hybridized carbons (Fsp3) is 0.261. The number of carbonyl (C=O) groups excluding carboxylic acids is 1. The first kappa shape index (κ1) is 19.1. The lowest BCUT2D eigenvalue weighted by atomic mass is 10.1. The Kier molecular flexibility index (Phi) is 6.12. The van der Waals surface area contributed by atoms with Crippen molar-refractivity contribution in [2.24, 2.45) is 5.10 Å². The number of hydrazone groups is 1. The maximum absolute atomic E-state index is 12.2. The first-order valence-corrected chi connectivity index (χ1v) is 9.86. The van der Waals surface area contributed by atoms with Crippen molar-refractivity contribution in [2.75, 3.05) is 26.3 Å². The summed E-state index contributed by atoms with van der Waals surface area (Å²) in [5, 5.41) is 4.22. The van der Waals surface area contributed by atoms with Gasteiger partial charge in [-0.3, -0.25) is 9.78 Å². The summed E-state index contributed by atoms with van der Waals surface area (Å²) in [5.41, 5.74) is 7.95. The predicted molar refractivity (Wildman–Crippen MR) is 113 cm³/mol. The molecule has 1 aromatic heterocycles. The van der Waals surface area contributed by atoms with E-state index < -0.39 is 0 Å². The molecule has 2 aromatic rings. The number of allylic oxidation sites excluding steroid dienone is 2. The third-order valence-corrected chi connectivity index (χ3v) is 5.05. The van der Waals surface area contributed by atoms with Crippen molar-refractivity contribution in [2.45, 2.75) is 12.8 Å². The number of benzene rings is 1. The molecule has 148 valence electrons. The Balaban J connectivity index is 1.56. The number of rotatable bonds is 5. The monoisotopic (exact) mass is 388 g/mol. The number of ether oxygens (including phenoxy) is 1. The zero-order valence-corrected chi connectivity index (χ0v) is 16.3. The number of aromatic nitrogens is 1. The highest BCUT2D eigenvalue weighted by Gasteiger charge is 2.25. The summed E-state index contributed by atoms with van der Waals surface area (Å²) in [5.74, 6) is -0.263. The smallest absolute Gasteiger partial charge is 0.272 e. The lowest BCUT2D eigenvalue weighted by molar-refractivity contribution is 0.0548. The number of carbonyl (C=O) groups is 1. The lowest BCUT2D eigenvalue weighted by Crippen LogP contribution is -2.36. The number of morpholine rings is 1. The van der Waals surface area contributed by atoms with Crippen LogP contribution in [0.3, 0.4) is 0 Å². The highest BCUT2D eigenvalue weighted by molar-refractivity contribution is 5.94. The Morgan fingerprint density at radius 3 is 2.69 bits per heavy atom. The zero-order valence-electron chi connectivity index (χ0n) is 16.3. The third-order valence-electron chi connectivity index (χ3n) is 5.05. The van der Waals surface area contributed by atoms with Crippen LogP contribution >= 0.6 is 0 Å². The Bertz CT molecular complexity index is 930. The Morgan fingerprint density at radius 2 is 1.93 bits per heavy atom. The molecule has 2 heterocycles. The molecule has 0 atom stereocenters. The topological polar surface area (TPSA) is 66.8 Å². The molecule has 6 heteroatoms. The fourth-order valence-electron chi connectivity index (χ4n) is 3.65. The molecule has 1 fully saturated rings. The zero-order chi connectivity index (χ0) is 19.9. The number of hydrogen-bond acceptors (Lipinski definition) is 5. The summed E-state index contributed by atoms with van der Waals surface area (Å²) in [4.78, 5) is 18.5. The number of amides is 1. The molecule has 1 amide bonds. The first-order valence-electron chi connectivity index (χ1n) is 9.86. The normalized spacial score (nSPS) is 18.6. The SMILES string of the molecule is O=C(N/N=C/C1=C(N2CCOCC2)C(=C\c2ccccc2)/CC1)c1cccnc1. The van der Waals surface area contributed by atoms with E-state index in [4.69, 9.17) is 4.74 Å². The van der Waals surface area contributed by atoms with E-state index in [1.165, 1.54) is 23.0 Å². The molecule has 0 spiro atoms. The summed E-state index contributed by atoms with van der Waals surface area (Å²) in [6, 6.07) is 13.8. The molecule has 0 saturated carbocycles. The van der Waals surface area contributed by atoms with E-state index >= 15 is 0 Å². The average Bonchev–Trinajstić information content (AvgIpc) is 3.18. The van der Waals surface area contributed by atoms with Gasteiger partial charge in [-0.25, -0.2) is 5.43 Å². The summed E-state index contributed by atoms with van der Waals surface area (Å²) in [6.45, 7) is 3.18. The molecule has 4 rings (SSSR count). The average molecular weight is 388 g/mol. The van der Waals surface area contributed by atoms with Crippen molar-refractivity contribution >= 4 is 18.2 Å². The number of pyridine rings is 1. The molecule has 1 aliphatic heterocycles. The van der Waals surface area contributed by atoms with Gasteiger partial charge in [-0.1, -0.05) is 30.3 Å². The predicted octanol–water partition coefficient (Wildman–Crippen LogP) is 3.26. The molecule has 0 radical (unpaired) electrons. The highest BCUT2D eigenvalue weighted by Crippen LogP contribution is 2.34.